The van der Waals surface area contributed by atoms with Gasteiger partial charge >= 0.3 is 10.4 Å². The highest BCUT2D eigenvalue weighted by molar-refractivity contribution is 7.80. The first-order valence-corrected chi connectivity index (χ1v) is 8.67. The number of aliphatic hydroxyl groups is 1. The Labute approximate surface area is 137 Å². The number of rotatable bonds is 5. The summed E-state index contributed by atoms with van der Waals surface area (Å²) in [6.07, 6.45) is -0.293. The summed E-state index contributed by atoms with van der Waals surface area (Å²) in [7, 11) is -4.74. The van der Waals surface area contributed by atoms with E-state index in [9.17, 15) is 18.3 Å². The molecule has 3 unspecified atom stereocenters. The number of piperidine rings is 1. The first-order valence-electron chi connectivity index (χ1n) is 7.31. The molecule has 3 heterocycles. The molecule has 2 bridgehead atoms. The summed E-state index contributed by atoms with van der Waals surface area (Å²) in [4.78, 5) is 18.3. The number of carbonyl (C=O) groups excluding carboxylic acids is 1. The van der Waals surface area contributed by atoms with E-state index in [1.165, 1.54) is 0 Å². The zero-order chi connectivity index (χ0) is 17.7. The fourth-order valence-electron chi connectivity index (χ4n) is 3.37. The van der Waals surface area contributed by atoms with E-state index >= 15 is 0 Å². The highest BCUT2D eigenvalue weighted by Crippen LogP contribution is 2.36. The lowest BCUT2D eigenvalue weighted by Gasteiger charge is -2.32. The number of aliphatic hydroxyl groups excluding tert-OH is 1. The molecule has 2 fully saturated rings. The number of primary amides is 1. The second kappa shape index (κ2) is 5.87. The molecule has 3 aliphatic rings. The summed E-state index contributed by atoms with van der Waals surface area (Å²) >= 11 is 0. The fourth-order valence-corrected chi connectivity index (χ4v) is 3.78. The zero-order valence-corrected chi connectivity index (χ0v) is 13.4. The van der Waals surface area contributed by atoms with Gasteiger partial charge in [0.2, 0.25) is 5.60 Å². The number of nitrogens with two attached hydrogens (primary N) is 2. The number of fused-ring (bicyclic) bond motifs is 2. The lowest BCUT2D eigenvalue weighted by Crippen LogP contribution is -2.52. The van der Waals surface area contributed by atoms with Gasteiger partial charge in [-0.2, -0.15) is 12.7 Å². The minimum Gasteiger partial charge on any atom is -0.377 e. The van der Waals surface area contributed by atoms with Crippen LogP contribution >= 0.6 is 0 Å². The first kappa shape index (κ1) is 17.5. The minimum absolute atomic E-state index is 0.0938. The molecule has 0 aliphatic carbocycles. The molecule has 0 aromatic carbocycles. The molecule has 5 atom stereocenters. The summed E-state index contributed by atoms with van der Waals surface area (Å²) in [6.45, 7) is 0.164. The van der Waals surface area contributed by atoms with E-state index in [0.29, 0.717) is 25.1 Å². The van der Waals surface area contributed by atoms with Crippen LogP contribution in [0.4, 0.5) is 0 Å². The van der Waals surface area contributed by atoms with Gasteiger partial charge in [0.25, 0.3) is 5.91 Å². The topological polar surface area (TPSA) is 181 Å². The number of oxime groups is 1. The predicted molar refractivity (Wildman–Crippen MR) is 78.1 cm³/mol. The molecule has 0 aromatic rings. The molecule has 0 radical (unpaired) electrons. The number of carbonyl (C=O) groups is 1. The van der Waals surface area contributed by atoms with Crippen LogP contribution in [0.3, 0.4) is 0 Å². The van der Waals surface area contributed by atoms with Crippen LogP contribution in [0.25, 0.3) is 0 Å². The van der Waals surface area contributed by atoms with Crippen molar-refractivity contribution in [2.24, 2.45) is 16.6 Å². The number of hydrogen-bond acceptors (Lipinski definition) is 10. The largest absolute Gasteiger partial charge is 0.413 e. The van der Waals surface area contributed by atoms with Crippen molar-refractivity contribution in [1.82, 2.24) is 9.96 Å². The molecule has 13 heteroatoms. The van der Waals surface area contributed by atoms with Crippen molar-refractivity contribution in [2.75, 3.05) is 13.1 Å². The van der Waals surface area contributed by atoms with Crippen molar-refractivity contribution < 1.29 is 32.0 Å². The lowest BCUT2D eigenvalue weighted by atomic mass is 9.89. The van der Waals surface area contributed by atoms with Crippen LogP contribution in [-0.2, 0) is 24.3 Å². The Balaban J connectivity index is 1.76. The summed E-state index contributed by atoms with van der Waals surface area (Å²) in [5.41, 5.74) is 9.99. The van der Waals surface area contributed by atoms with E-state index < -0.39 is 34.3 Å². The van der Waals surface area contributed by atoms with Crippen molar-refractivity contribution in [3.05, 3.63) is 0 Å². The van der Waals surface area contributed by atoms with E-state index in [1.54, 1.807) is 4.90 Å². The smallest absolute Gasteiger partial charge is 0.377 e. The van der Waals surface area contributed by atoms with Gasteiger partial charge in [0.05, 0.1) is 17.8 Å². The number of hydroxylamine groups is 2. The van der Waals surface area contributed by atoms with Gasteiger partial charge < -0.3 is 21.4 Å². The number of amides is 1. The minimum atomic E-state index is -4.74. The summed E-state index contributed by atoms with van der Waals surface area (Å²) in [5, 5.41) is 15.0. The maximum absolute atomic E-state index is 11.6. The van der Waals surface area contributed by atoms with E-state index in [2.05, 4.69) is 9.44 Å². The van der Waals surface area contributed by atoms with E-state index in [4.69, 9.17) is 20.9 Å². The third-order valence-electron chi connectivity index (χ3n) is 4.63. The van der Waals surface area contributed by atoms with Gasteiger partial charge in [0.15, 0.2) is 6.35 Å². The van der Waals surface area contributed by atoms with Crippen molar-refractivity contribution in [1.29, 1.82) is 0 Å². The molecule has 6 N–H and O–H groups in total. The van der Waals surface area contributed by atoms with Gasteiger partial charge in [-0.05, 0) is 12.8 Å². The van der Waals surface area contributed by atoms with Gasteiger partial charge in [-0.25, -0.2) is 0 Å². The molecule has 1 amide bonds. The Morgan fingerprint density at radius 3 is 2.75 bits per heavy atom. The Kier molecular flexibility index (Phi) is 4.28. The Morgan fingerprint density at radius 1 is 1.50 bits per heavy atom. The molecule has 0 spiro atoms. The maximum atomic E-state index is 11.6. The predicted octanol–water partition coefficient (Wildman–Crippen LogP) is -2.90. The van der Waals surface area contributed by atoms with Crippen molar-refractivity contribution in [2.45, 2.75) is 43.3 Å². The second-order valence-electron chi connectivity index (χ2n) is 6.07. The zero-order valence-electron chi connectivity index (χ0n) is 12.6. The van der Waals surface area contributed by atoms with Crippen molar-refractivity contribution in [3.8, 4) is 0 Å². The molecular weight excluding hydrogens is 346 g/mol. The highest BCUT2D eigenvalue weighted by atomic mass is 32.3. The fraction of sp³-hybridized carbons (Fsp3) is 0.818. The molecule has 0 saturated carbocycles. The quantitative estimate of drug-likeness (QED) is 0.369. The standard InChI is InChI=1S/C11H19N5O7S/c12-5-11(9(13)17)3-7(14-22-11)8-2-1-6-4-15(8)10(18)16(6)23-24(19,20)21/h6,8,10,18H,1-5,12H2,(H2,13,17)(H,19,20,21)/t6-,8+,10?,11?/m1/s1. The molecule has 0 aromatic heterocycles. The van der Waals surface area contributed by atoms with Crippen LogP contribution in [0.15, 0.2) is 5.16 Å². The average molecular weight is 365 g/mol. The SMILES string of the molecule is NCC1(C(N)=O)CC([C@@H]2CC[C@@H]3CN2C(O)N3OS(=O)(=O)O)=NO1. The summed E-state index contributed by atoms with van der Waals surface area (Å²) in [5.74, 6) is -0.726. The molecule has 2 saturated heterocycles. The van der Waals surface area contributed by atoms with Gasteiger partial charge in [0.1, 0.15) is 0 Å². The first-order chi connectivity index (χ1) is 11.2. The maximum Gasteiger partial charge on any atom is 0.413 e. The molecule has 3 aliphatic heterocycles. The molecule has 136 valence electrons. The monoisotopic (exact) mass is 365 g/mol. The van der Waals surface area contributed by atoms with Crippen LogP contribution in [0.2, 0.25) is 0 Å². The molecule has 24 heavy (non-hydrogen) atoms. The van der Waals surface area contributed by atoms with Crippen LogP contribution in [0, 0.1) is 0 Å². The average Bonchev–Trinajstić information content (AvgIpc) is 3.04. The van der Waals surface area contributed by atoms with E-state index in [0.717, 1.165) is 5.06 Å². The number of hydrogen-bond donors (Lipinski definition) is 4. The van der Waals surface area contributed by atoms with E-state index in [1.807, 2.05) is 0 Å². The Hall–Kier alpha value is -1.35. The Morgan fingerprint density at radius 2 is 2.21 bits per heavy atom. The van der Waals surface area contributed by atoms with Gasteiger partial charge in [-0.1, -0.05) is 5.16 Å². The molecular formula is C11H19N5O7S. The summed E-state index contributed by atoms with van der Waals surface area (Å²) in [6, 6.07) is -0.796. The lowest BCUT2D eigenvalue weighted by molar-refractivity contribution is -0.198. The highest BCUT2D eigenvalue weighted by Gasteiger charge is 2.53. The second-order valence-corrected chi connectivity index (χ2v) is 7.07. The normalized spacial score (nSPS) is 39.5. The van der Waals surface area contributed by atoms with Crippen molar-refractivity contribution in [3.63, 3.8) is 0 Å². The third-order valence-corrected chi connectivity index (χ3v) is 4.99. The van der Waals surface area contributed by atoms with Crippen LogP contribution in [0.1, 0.15) is 19.3 Å². The van der Waals surface area contributed by atoms with Gasteiger partial charge in [-0.3, -0.25) is 14.2 Å². The Bertz CT molecular complexity index is 670. The van der Waals surface area contributed by atoms with Gasteiger partial charge in [-0.15, -0.1) is 5.06 Å². The summed E-state index contributed by atoms with van der Waals surface area (Å²) < 4.78 is 35.1. The van der Waals surface area contributed by atoms with Crippen LogP contribution in [0.5, 0.6) is 0 Å². The molecule has 3 rings (SSSR count). The van der Waals surface area contributed by atoms with Crippen LogP contribution in [-0.4, -0.2) is 76.8 Å². The van der Waals surface area contributed by atoms with E-state index in [-0.39, 0.29) is 19.0 Å². The van der Waals surface area contributed by atoms with Crippen molar-refractivity contribution >= 4 is 22.0 Å². The number of nitrogens with zero attached hydrogens (tertiary/aromatic N) is 3. The van der Waals surface area contributed by atoms with Crippen LogP contribution < -0.4 is 11.5 Å². The van der Waals surface area contributed by atoms with Gasteiger partial charge in [0, 0.05) is 19.5 Å². The third kappa shape index (κ3) is 2.88. The molecule has 12 nitrogen and oxygen atoms in total.